The zero-order valence-corrected chi connectivity index (χ0v) is 24.7. The van der Waals surface area contributed by atoms with Crippen molar-refractivity contribution in [3.05, 3.63) is 102 Å². The molecule has 0 bridgehead atoms. The normalized spacial score (nSPS) is 14.0. The molecular formula is C32H39N2O6P. The molecule has 2 amide bonds. The third-order valence-electron chi connectivity index (χ3n) is 6.50. The Morgan fingerprint density at radius 3 is 1.90 bits per heavy atom. The number of rotatable bonds is 15. The molecular weight excluding hydrogens is 539 g/mol. The highest BCUT2D eigenvalue weighted by molar-refractivity contribution is 7.66. The molecule has 0 aromatic heterocycles. The van der Waals surface area contributed by atoms with E-state index in [4.69, 9.17) is 9.26 Å². The topological polar surface area (TPSA) is 111 Å². The average molecular weight is 579 g/mol. The van der Waals surface area contributed by atoms with Crippen molar-refractivity contribution >= 4 is 30.5 Å². The van der Waals surface area contributed by atoms with Crippen molar-refractivity contribution in [2.75, 3.05) is 12.8 Å². The van der Waals surface area contributed by atoms with Crippen molar-refractivity contribution in [1.82, 2.24) is 10.6 Å². The van der Waals surface area contributed by atoms with Crippen molar-refractivity contribution in [1.29, 1.82) is 0 Å². The van der Waals surface area contributed by atoms with E-state index in [9.17, 15) is 18.9 Å². The predicted molar refractivity (Wildman–Crippen MR) is 160 cm³/mol. The van der Waals surface area contributed by atoms with Crippen LogP contribution in [0, 0.1) is 5.92 Å². The molecule has 41 heavy (non-hydrogen) atoms. The van der Waals surface area contributed by atoms with Crippen LogP contribution < -0.4 is 15.9 Å². The smallest absolute Gasteiger partial charge is 0.408 e. The lowest BCUT2D eigenvalue weighted by Gasteiger charge is -2.25. The molecule has 3 rings (SSSR count). The van der Waals surface area contributed by atoms with E-state index in [1.54, 1.807) is 31.2 Å². The van der Waals surface area contributed by atoms with Crippen LogP contribution in [0.15, 0.2) is 91.0 Å². The molecule has 3 atom stereocenters. The molecule has 3 aromatic rings. The van der Waals surface area contributed by atoms with E-state index in [0.29, 0.717) is 11.7 Å². The molecule has 0 saturated heterocycles. The zero-order chi connectivity index (χ0) is 29.7. The number of carbonyl (C=O) groups excluding carboxylic acids is 3. The monoisotopic (exact) mass is 578 g/mol. The minimum atomic E-state index is -3.26. The third-order valence-corrected chi connectivity index (χ3v) is 8.96. The third kappa shape index (κ3) is 10.3. The van der Waals surface area contributed by atoms with E-state index in [0.717, 1.165) is 11.1 Å². The second-order valence-electron chi connectivity index (χ2n) is 10.2. The molecule has 0 aliphatic heterocycles. The van der Waals surface area contributed by atoms with Crippen LogP contribution in [0.2, 0.25) is 0 Å². The van der Waals surface area contributed by atoms with Crippen LogP contribution in [0.1, 0.15) is 38.3 Å². The lowest BCUT2D eigenvalue weighted by molar-refractivity contribution is -0.130. The number of alkyl carbamates (subject to hydrolysis) is 1. The van der Waals surface area contributed by atoms with Gasteiger partial charge in [-0.25, -0.2) is 4.79 Å². The molecule has 0 heterocycles. The summed E-state index contributed by atoms with van der Waals surface area (Å²) in [6.07, 6.45) is 0.0545. The highest BCUT2D eigenvalue weighted by Gasteiger charge is 2.30. The quantitative estimate of drug-likeness (QED) is 0.238. The summed E-state index contributed by atoms with van der Waals surface area (Å²) in [5.74, 6) is -0.846. The number of ether oxygens (including phenoxy) is 1. The Morgan fingerprint density at radius 1 is 0.780 bits per heavy atom. The number of nitrogens with one attached hydrogen (secondary N) is 2. The number of carbonyl (C=O) groups is 3. The van der Waals surface area contributed by atoms with Crippen molar-refractivity contribution in [3.8, 4) is 0 Å². The maximum Gasteiger partial charge on any atom is 0.408 e. The Hall–Kier alpha value is -3.74. The van der Waals surface area contributed by atoms with Crippen LogP contribution >= 0.6 is 7.37 Å². The summed E-state index contributed by atoms with van der Waals surface area (Å²) in [5, 5.41) is 6.00. The summed E-state index contributed by atoms with van der Waals surface area (Å²) in [5.41, 5.74) is 1.66. The van der Waals surface area contributed by atoms with Crippen molar-refractivity contribution in [2.24, 2.45) is 5.92 Å². The molecule has 218 valence electrons. The fourth-order valence-electron chi connectivity index (χ4n) is 4.25. The van der Waals surface area contributed by atoms with Gasteiger partial charge in [0.2, 0.25) is 13.3 Å². The summed E-state index contributed by atoms with van der Waals surface area (Å²) in [6.45, 7) is 5.25. The maximum atomic E-state index is 13.5. The van der Waals surface area contributed by atoms with Crippen LogP contribution in [0.3, 0.4) is 0 Å². The van der Waals surface area contributed by atoms with Gasteiger partial charge in [-0.3, -0.25) is 14.2 Å². The molecule has 9 heteroatoms. The summed E-state index contributed by atoms with van der Waals surface area (Å²) >= 11 is 0. The minimum absolute atomic E-state index is 0.0635. The van der Waals surface area contributed by atoms with E-state index in [1.807, 2.05) is 80.6 Å². The van der Waals surface area contributed by atoms with Crippen molar-refractivity contribution < 1.29 is 28.2 Å². The highest BCUT2D eigenvalue weighted by Crippen LogP contribution is 2.45. The molecule has 0 radical (unpaired) electrons. The Kier molecular flexibility index (Phi) is 12.3. The van der Waals surface area contributed by atoms with Crippen LogP contribution in [0.25, 0.3) is 0 Å². The number of benzene rings is 3. The summed E-state index contributed by atoms with van der Waals surface area (Å²) < 4.78 is 24.6. The molecule has 0 aliphatic carbocycles. The van der Waals surface area contributed by atoms with Crippen LogP contribution in [0.4, 0.5) is 4.79 Å². The van der Waals surface area contributed by atoms with Gasteiger partial charge in [-0.1, -0.05) is 99.6 Å². The Morgan fingerprint density at radius 2 is 1.34 bits per heavy atom. The van der Waals surface area contributed by atoms with E-state index in [2.05, 4.69) is 10.6 Å². The summed E-state index contributed by atoms with van der Waals surface area (Å²) in [7, 11) is -3.26. The molecule has 0 spiro atoms. The average Bonchev–Trinajstić information content (AvgIpc) is 2.99. The number of hydrogen-bond acceptors (Lipinski definition) is 6. The Labute approximate surface area is 242 Å². The second kappa shape index (κ2) is 15.9. The van der Waals surface area contributed by atoms with Crippen LogP contribution in [-0.4, -0.2) is 42.6 Å². The first-order chi connectivity index (χ1) is 19.7. The molecule has 0 fully saturated rings. The maximum absolute atomic E-state index is 13.5. The fraction of sp³-hybridized carbons (Fsp3) is 0.344. The lowest BCUT2D eigenvalue weighted by Crippen LogP contribution is -2.53. The Balaban J connectivity index is 1.72. The summed E-state index contributed by atoms with van der Waals surface area (Å²) in [4.78, 5) is 39.4. The first-order valence-corrected chi connectivity index (χ1v) is 15.6. The SMILES string of the molecule is CCP(=O)(OCC(=O)[C@H](Cc1ccccc1)NC(=O)[C@H](CC(C)C)NC(=O)OCc1ccccc1)c1ccccc1. The molecule has 2 N–H and O–H groups in total. The molecule has 0 aliphatic rings. The van der Waals surface area contributed by atoms with E-state index < -0.39 is 43.8 Å². The van der Waals surface area contributed by atoms with Gasteiger partial charge in [-0.15, -0.1) is 0 Å². The largest absolute Gasteiger partial charge is 0.445 e. The first-order valence-electron chi connectivity index (χ1n) is 13.8. The molecule has 8 nitrogen and oxygen atoms in total. The van der Waals surface area contributed by atoms with Gasteiger partial charge in [0.25, 0.3) is 0 Å². The van der Waals surface area contributed by atoms with Gasteiger partial charge in [0.15, 0.2) is 5.78 Å². The van der Waals surface area contributed by atoms with E-state index >= 15 is 0 Å². The number of Topliss-reactive ketones (excluding diaryl/α,β-unsaturated/α-hetero) is 1. The van der Waals surface area contributed by atoms with Gasteiger partial charge in [-0.2, -0.15) is 0 Å². The van der Waals surface area contributed by atoms with Gasteiger partial charge >= 0.3 is 6.09 Å². The molecule has 0 saturated carbocycles. The number of amides is 2. The number of hydrogen-bond donors (Lipinski definition) is 2. The van der Waals surface area contributed by atoms with Gasteiger partial charge in [0.05, 0.1) is 6.04 Å². The van der Waals surface area contributed by atoms with Gasteiger partial charge < -0.3 is 19.9 Å². The predicted octanol–water partition coefficient (Wildman–Crippen LogP) is 5.26. The highest BCUT2D eigenvalue weighted by atomic mass is 31.2. The van der Waals surface area contributed by atoms with Gasteiger partial charge in [0.1, 0.15) is 19.3 Å². The minimum Gasteiger partial charge on any atom is -0.445 e. The zero-order valence-electron chi connectivity index (χ0n) is 23.8. The first kappa shape index (κ1) is 31.8. The Bertz CT molecular complexity index is 1300. The molecule has 1 unspecified atom stereocenters. The molecule has 3 aromatic carbocycles. The second-order valence-corrected chi connectivity index (χ2v) is 13.0. The van der Waals surface area contributed by atoms with Crippen LogP contribution in [-0.2, 0) is 36.4 Å². The fourth-order valence-corrected chi connectivity index (χ4v) is 5.91. The van der Waals surface area contributed by atoms with Gasteiger partial charge in [-0.05, 0) is 42.0 Å². The lowest BCUT2D eigenvalue weighted by atomic mass is 10.00. The standard InChI is InChI=1S/C32H39N2O6P/c1-4-41(38,27-18-12-7-13-19-27)40-23-30(35)28(21-25-14-8-5-9-15-25)33-31(36)29(20-24(2)3)34-32(37)39-22-26-16-10-6-11-17-26/h5-19,24,28-29H,4,20-23H2,1-3H3,(H,33,36)(H,34,37)/t28-,29-,41?/m0/s1. The van der Waals surface area contributed by atoms with E-state index in [1.165, 1.54) is 0 Å². The van der Waals surface area contributed by atoms with Crippen molar-refractivity contribution in [2.45, 2.75) is 52.3 Å². The summed E-state index contributed by atoms with van der Waals surface area (Å²) in [6, 6.07) is 25.4. The van der Waals surface area contributed by atoms with E-state index in [-0.39, 0.29) is 25.1 Å². The van der Waals surface area contributed by atoms with Crippen LogP contribution in [0.5, 0.6) is 0 Å². The number of ketones is 1. The van der Waals surface area contributed by atoms with Gasteiger partial charge in [0, 0.05) is 11.5 Å². The van der Waals surface area contributed by atoms with Crippen molar-refractivity contribution in [3.63, 3.8) is 0 Å².